The van der Waals surface area contributed by atoms with Crippen molar-refractivity contribution in [3.05, 3.63) is 46.2 Å². The van der Waals surface area contributed by atoms with E-state index in [1.54, 1.807) is 10.7 Å². The lowest BCUT2D eigenvalue weighted by atomic mass is 10.1. The lowest BCUT2D eigenvalue weighted by Crippen LogP contribution is -2.25. The quantitative estimate of drug-likeness (QED) is 0.824. The summed E-state index contributed by atoms with van der Waals surface area (Å²) < 4.78 is 1.65. The summed E-state index contributed by atoms with van der Waals surface area (Å²) in [5.74, 6) is -1.17. The van der Waals surface area contributed by atoms with Gasteiger partial charge in [-0.25, -0.2) is 4.68 Å². The van der Waals surface area contributed by atoms with Gasteiger partial charge in [-0.3, -0.25) is 0 Å². The largest absolute Gasteiger partial charge is 0.545 e. The van der Waals surface area contributed by atoms with Crippen LogP contribution < -0.4 is 5.11 Å². The first kappa shape index (κ1) is 15.6. The van der Waals surface area contributed by atoms with E-state index in [1.165, 1.54) is 0 Å². The van der Waals surface area contributed by atoms with Crippen molar-refractivity contribution in [2.45, 2.75) is 39.5 Å². The predicted molar refractivity (Wildman–Crippen MR) is 80.9 cm³/mol. The Balaban J connectivity index is 2.67. The molecule has 2 aromatic rings. The SMILES string of the molecule is CCCc1nn(-c2ccccc2Cl)c(CCC)c1C(=O)[O-]. The van der Waals surface area contributed by atoms with Gasteiger partial charge < -0.3 is 9.90 Å². The standard InChI is InChI=1S/C16H19ClN2O2/c1-3-7-12-15(16(20)21)14(8-4-2)19(18-12)13-10-6-5-9-11(13)17/h5-6,9-10H,3-4,7-8H2,1-2H3,(H,20,21)/p-1. The Morgan fingerprint density at radius 3 is 2.48 bits per heavy atom. The molecule has 1 heterocycles. The number of benzene rings is 1. The lowest BCUT2D eigenvalue weighted by molar-refractivity contribution is -0.255. The molecule has 1 aromatic heterocycles. The second-order valence-corrected chi connectivity index (χ2v) is 5.33. The molecular formula is C16H18ClN2O2-. The van der Waals surface area contributed by atoms with E-state index in [9.17, 15) is 9.90 Å². The van der Waals surface area contributed by atoms with Crippen LogP contribution in [0, 0.1) is 0 Å². The molecule has 0 aliphatic rings. The summed E-state index contributed by atoms with van der Waals surface area (Å²) in [5, 5.41) is 16.6. The molecule has 0 aliphatic carbocycles. The maximum absolute atomic E-state index is 11.5. The maximum Gasteiger partial charge on any atom is 0.0835 e. The molecule has 1 aromatic carbocycles. The summed E-state index contributed by atoms with van der Waals surface area (Å²) >= 11 is 6.23. The van der Waals surface area contributed by atoms with Crippen LogP contribution in [0.5, 0.6) is 0 Å². The van der Waals surface area contributed by atoms with E-state index in [0.29, 0.717) is 34.9 Å². The van der Waals surface area contributed by atoms with Crippen LogP contribution in [0.4, 0.5) is 0 Å². The molecule has 0 saturated carbocycles. The van der Waals surface area contributed by atoms with Crippen LogP contribution in [0.2, 0.25) is 5.02 Å². The third-order valence-electron chi connectivity index (χ3n) is 3.31. The summed E-state index contributed by atoms with van der Waals surface area (Å²) in [4.78, 5) is 11.5. The first-order valence-electron chi connectivity index (χ1n) is 7.17. The summed E-state index contributed by atoms with van der Waals surface area (Å²) in [7, 11) is 0. The third-order valence-corrected chi connectivity index (χ3v) is 3.63. The van der Waals surface area contributed by atoms with Crippen molar-refractivity contribution in [2.75, 3.05) is 0 Å². The van der Waals surface area contributed by atoms with E-state index < -0.39 is 5.97 Å². The fraction of sp³-hybridized carbons (Fsp3) is 0.375. The summed E-state index contributed by atoms with van der Waals surface area (Å²) in [6, 6.07) is 7.30. The molecule has 0 unspecified atom stereocenters. The Morgan fingerprint density at radius 1 is 1.24 bits per heavy atom. The number of halogens is 1. The topological polar surface area (TPSA) is 58.0 Å². The minimum Gasteiger partial charge on any atom is -0.545 e. The molecule has 0 radical (unpaired) electrons. The Bertz CT molecular complexity index is 650. The van der Waals surface area contributed by atoms with Crippen LogP contribution in [0.3, 0.4) is 0 Å². The number of rotatable bonds is 6. The number of hydrogen-bond acceptors (Lipinski definition) is 3. The van der Waals surface area contributed by atoms with Crippen LogP contribution in [0.15, 0.2) is 24.3 Å². The highest BCUT2D eigenvalue weighted by molar-refractivity contribution is 6.32. The summed E-state index contributed by atoms with van der Waals surface area (Å²) in [5.41, 5.74) is 2.15. The zero-order valence-corrected chi connectivity index (χ0v) is 13.0. The van der Waals surface area contributed by atoms with Crippen LogP contribution in [0.1, 0.15) is 48.4 Å². The monoisotopic (exact) mass is 305 g/mol. The van der Waals surface area contributed by atoms with Gasteiger partial charge in [-0.15, -0.1) is 0 Å². The van der Waals surface area contributed by atoms with Crippen molar-refractivity contribution in [3.8, 4) is 5.69 Å². The van der Waals surface area contributed by atoms with Gasteiger partial charge in [-0.1, -0.05) is 50.4 Å². The number of carbonyl (C=O) groups excluding carboxylic acids is 1. The number of aromatic carboxylic acids is 1. The molecule has 0 aliphatic heterocycles. The Labute approximate surface area is 129 Å². The molecule has 0 amide bonds. The number of carboxylic acid groups (broad SMARTS) is 1. The Kier molecular flexibility index (Phi) is 5.02. The molecule has 0 spiro atoms. The third kappa shape index (κ3) is 3.10. The molecular weight excluding hydrogens is 288 g/mol. The number of nitrogens with zero attached hydrogens (tertiary/aromatic N) is 2. The van der Waals surface area contributed by atoms with Gasteiger partial charge in [0.25, 0.3) is 0 Å². The maximum atomic E-state index is 11.5. The van der Waals surface area contributed by atoms with Gasteiger partial charge >= 0.3 is 0 Å². The van der Waals surface area contributed by atoms with Crippen LogP contribution in [-0.2, 0) is 12.8 Å². The van der Waals surface area contributed by atoms with Gasteiger partial charge in [0.05, 0.1) is 28.1 Å². The highest BCUT2D eigenvalue weighted by Gasteiger charge is 2.19. The van der Waals surface area contributed by atoms with Gasteiger partial charge in [0.15, 0.2) is 0 Å². The molecule has 0 N–H and O–H groups in total. The number of hydrogen-bond donors (Lipinski definition) is 0. The second kappa shape index (κ2) is 6.76. The number of aryl methyl sites for hydroxylation is 1. The Hall–Kier alpha value is -1.81. The normalized spacial score (nSPS) is 10.8. The van der Waals surface area contributed by atoms with Crippen molar-refractivity contribution in [3.63, 3.8) is 0 Å². The lowest BCUT2D eigenvalue weighted by Gasteiger charge is -2.10. The van der Waals surface area contributed by atoms with Crippen molar-refractivity contribution >= 4 is 17.6 Å². The van der Waals surface area contributed by atoms with Crippen LogP contribution >= 0.6 is 11.6 Å². The minimum atomic E-state index is -1.17. The molecule has 112 valence electrons. The number of para-hydroxylation sites is 1. The zero-order chi connectivity index (χ0) is 15.4. The van der Waals surface area contributed by atoms with E-state index in [1.807, 2.05) is 32.0 Å². The van der Waals surface area contributed by atoms with Crippen LogP contribution in [-0.4, -0.2) is 15.7 Å². The fourth-order valence-electron chi connectivity index (χ4n) is 2.44. The highest BCUT2D eigenvalue weighted by atomic mass is 35.5. The van der Waals surface area contributed by atoms with E-state index in [2.05, 4.69) is 5.10 Å². The molecule has 0 bridgehead atoms. The van der Waals surface area contributed by atoms with Crippen molar-refractivity contribution in [2.24, 2.45) is 0 Å². The summed E-state index contributed by atoms with van der Waals surface area (Å²) in [6.45, 7) is 4.00. The van der Waals surface area contributed by atoms with Crippen LogP contribution in [0.25, 0.3) is 5.69 Å². The van der Waals surface area contributed by atoms with E-state index in [-0.39, 0.29) is 5.56 Å². The molecule has 21 heavy (non-hydrogen) atoms. The fourth-order valence-corrected chi connectivity index (χ4v) is 2.66. The van der Waals surface area contributed by atoms with E-state index in [4.69, 9.17) is 11.6 Å². The van der Waals surface area contributed by atoms with Gasteiger partial charge in [0.1, 0.15) is 0 Å². The van der Waals surface area contributed by atoms with E-state index in [0.717, 1.165) is 12.8 Å². The van der Waals surface area contributed by atoms with E-state index >= 15 is 0 Å². The molecule has 0 fully saturated rings. The summed E-state index contributed by atoms with van der Waals surface area (Å²) in [6.07, 6.45) is 2.87. The van der Waals surface area contributed by atoms with Gasteiger partial charge in [-0.2, -0.15) is 5.10 Å². The average molecular weight is 306 g/mol. The predicted octanol–water partition coefficient (Wildman–Crippen LogP) is 2.79. The molecule has 0 atom stereocenters. The number of carboxylic acids is 1. The van der Waals surface area contributed by atoms with Gasteiger partial charge in [0.2, 0.25) is 0 Å². The zero-order valence-electron chi connectivity index (χ0n) is 12.2. The van der Waals surface area contributed by atoms with Gasteiger partial charge in [-0.05, 0) is 25.0 Å². The number of aromatic nitrogens is 2. The van der Waals surface area contributed by atoms with Crippen molar-refractivity contribution in [1.82, 2.24) is 9.78 Å². The highest BCUT2D eigenvalue weighted by Crippen LogP contribution is 2.25. The molecule has 4 nitrogen and oxygen atoms in total. The minimum absolute atomic E-state index is 0.221. The molecule has 0 saturated heterocycles. The smallest absolute Gasteiger partial charge is 0.0835 e. The Morgan fingerprint density at radius 2 is 1.90 bits per heavy atom. The first-order valence-corrected chi connectivity index (χ1v) is 7.54. The molecule has 5 heteroatoms. The second-order valence-electron chi connectivity index (χ2n) is 4.92. The molecule has 2 rings (SSSR count). The average Bonchev–Trinajstić information content (AvgIpc) is 2.79. The first-order chi connectivity index (χ1) is 10.1. The van der Waals surface area contributed by atoms with Gasteiger partial charge in [0, 0.05) is 5.56 Å². The van der Waals surface area contributed by atoms with Crippen molar-refractivity contribution in [1.29, 1.82) is 0 Å². The van der Waals surface area contributed by atoms with Crippen molar-refractivity contribution < 1.29 is 9.90 Å². The number of carbonyl (C=O) groups is 1.